The number of nitrogens with one attached hydrogen (secondary N) is 1. The summed E-state index contributed by atoms with van der Waals surface area (Å²) in [7, 11) is 0. The lowest BCUT2D eigenvalue weighted by Crippen LogP contribution is -2.13. The van der Waals surface area contributed by atoms with Gasteiger partial charge < -0.3 is 11.1 Å². The van der Waals surface area contributed by atoms with Crippen LogP contribution < -0.4 is 11.1 Å². The minimum absolute atomic E-state index is 0.0287. The lowest BCUT2D eigenvalue weighted by Gasteiger charge is -2.10. The molecule has 1 amide bonds. The fourth-order valence-corrected chi connectivity index (χ4v) is 2.19. The van der Waals surface area contributed by atoms with E-state index >= 15 is 0 Å². The van der Waals surface area contributed by atoms with Gasteiger partial charge in [0.2, 0.25) is 0 Å². The number of rotatable bonds is 2. The first kappa shape index (κ1) is 14.6. The van der Waals surface area contributed by atoms with E-state index in [0.29, 0.717) is 0 Å². The van der Waals surface area contributed by atoms with Crippen molar-refractivity contribution in [3.05, 3.63) is 39.9 Å². The molecule has 0 aliphatic carbocycles. The molecule has 0 atom stereocenters. The lowest BCUT2D eigenvalue weighted by atomic mass is 10.2. The summed E-state index contributed by atoms with van der Waals surface area (Å²) in [6, 6.07) is 2.78. The summed E-state index contributed by atoms with van der Waals surface area (Å²) in [5.41, 5.74) is 4.39. The van der Waals surface area contributed by atoms with Crippen LogP contribution in [0.25, 0.3) is 0 Å². The topological polar surface area (TPSA) is 68.0 Å². The van der Waals surface area contributed by atoms with E-state index in [-0.39, 0.29) is 21.5 Å². The molecule has 3 N–H and O–H groups in total. The van der Waals surface area contributed by atoms with E-state index in [4.69, 9.17) is 17.3 Å². The Bertz CT molecular complexity index is 657. The number of hydrogen-bond acceptors (Lipinski definition) is 4. The number of benzene rings is 1. The Kier molecular flexibility index (Phi) is 3.87. The molecule has 2 aromatic rings. The van der Waals surface area contributed by atoms with Crippen molar-refractivity contribution in [2.45, 2.75) is 6.18 Å². The number of anilines is 2. The maximum absolute atomic E-state index is 12.6. The lowest BCUT2D eigenvalue weighted by molar-refractivity contribution is -0.137. The van der Waals surface area contributed by atoms with Crippen LogP contribution in [0, 0.1) is 0 Å². The fraction of sp³-hybridized carbons (Fsp3) is 0.0909. The molecule has 2 rings (SSSR count). The summed E-state index contributed by atoms with van der Waals surface area (Å²) in [4.78, 5) is 15.5. The number of hydrogen-bond donors (Lipinski definition) is 2. The van der Waals surface area contributed by atoms with Crippen LogP contribution in [0.5, 0.6) is 0 Å². The summed E-state index contributed by atoms with van der Waals surface area (Å²) in [5, 5.41) is 3.75. The number of nitrogen functional groups attached to an aromatic ring is 1. The number of amides is 1. The minimum atomic E-state index is -4.55. The Balaban J connectivity index is 2.25. The van der Waals surface area contributed by atoms with Gasteiger partial charge in [0.25, 0.3) is 5.91 Å². The van der Waals surface area contributed by atoms with Crippen molar-refractivity contribution in [2.75, 3.05) is 11.1 Å². The van der Waals surface area contributed by atoms with Gasteiger partial charge in [-0.3, -0.25) is 4.79 Å². The van der Waals surface area contributed by atoms with E-state index in [1.54, 1.807) is 0 Å². The number of thiazole rings is 1. The minimum Gasteiger partial charge on any atom is -0.375 e. The second-order valence-corrected chi connectivity index (χ2v) is 5.08. The smallest absolute Gasteiger partial charge is 0.375 e. The number of nitrogens with two attached hydrogens (primary N) is 1. The number of nitrogens with zero attached hydrogens (tertiary/aromatic N) is 1. The Labute approximate surface area is 120 Å². The molecule has 1 aromatic heterocycles. The molecule has 20 heavy (non-hydrogen) atoms. The van der Waals surface area contributed by atoms with Crippen LogP contribution in [0.4, 0.5) is 24.0 Å². The predicted molar refractivity (Wildman–Crippen MR) is 70.9 cm³/mol. The van der Waals surface area contributed by atoms with E-state index in [2.05, 4.69) is 10.3 Å². The highest BCUT2D eigenvalue weighted by Crippen LogP contribution is 2.33. The highest BCUT2D eigenvalue weighted by atomic mass is 35.5. The molecule has 0 spiro atoms. The molecule has 0 unspecified atom stereocenters. The van der Waals surface area contributed by atoms with Crippen LogP contribution in [0.3, 0.4) is 0 Å². The molecule has 4 nitrogen and oxygen atoms in total. The van der Waals surface area contributed by atoms with Gasteiger partial charge in [-0.2, -0.15) is 13.2 Å². The zero-order valence-electron chi connectivity index (χ0n) is 9.66. The third kappa shape index (κ3) is 3.40. The highest BCUT2D eigenvalue weighted by molar-refractivity contribution is 7.13. The van der Waals surface area contributed by atoms with Gasteiger partial charge in [-0.25, -0.2) is 4.98 Å². The van der Waals surface area contributed by atoms with Gasteiger partial charge in [-0.15, -0.1) is 11.3 Å². The zero-order chi connectivity index (χ0) is 14.9. The van der Waals surface area contributed by atoms with Crippen LogP contribution >= 0.6 is 22.9 Å². The SMILES string of the molecule is Nc1nc(C(=O)Nc2cc(Cl)cc(C(F)(F)F)c2)cs1. The van der Waals surface area contributed by atoms with Crippen LogP contribution in [0.1, 0.15) is 16.1 Å². The van der Waals surface area contributed by atoms with Crippen molar-refractivity contribution in [2.24, 2.45) is 0 Å². The first-order valence-electron chi connectivity index (χ1n) is 5.16. The van der Waals surface area contributed by atoms with E-state index in [0.717, 1.165) is 23.5 Å². The first-order chi connectivity index (χ1) is 9.25. The second-order valence-electron chi connectivity index (χ2n) is 3.75. The van der Waals surface area contributed by atoms with Crippen molar-refractivity contribution in [3.8, 4) is 0 Å². The number of halogens is 4. The van der Waals surface area contributed by atoms with Gasteiger partial charge in [-0.05, 0) is 18.2 Å². The molecule has 1 aromatic carbocycles. The molecule has 0 saturated heterocycles. The molecule has 0 fully saturated rings. The average Bonchev–Trinajstić information content (AvgIpc) is 2.74. The largest absolute Gasteiger partial charge is 0.416 e. The molecule has 0 aliphatic rings. The predicted octanol–water partition coefficient (Wildman–Crippen LogP) is 3.65. The third-order valence-corrected chi connectivity index (χ3v) is 3.13. The van der Waals surface area contributed by atoms with Gasteiger partial charge in [-0.1, -0.05) is 11.6 Å². The normalized spacial score (nSPS) is 11.4. The zero-order valence-corrected chi connectivity index (χ0v) is 11.2. The van der Waals surface area contributed by atoms with Crippen LogP contribution in [0.15, 0.2) is 23.6 Å². The van der Waals surface area contributed by atoms with Gasteiger partial charge in [0, 0.05) is 16.1 Å². The van der Waals surface area contributed by atoms with E-state index in [1.165, 1.54) is 11.4 Å². The maximum atomic E-state index is 12.6. The highest BCUT2D eigenvalue weighted by Gasteiger charge is 2.31. The van der Waals surface area contributed by atoms with Crippen LogP contribution in [-0.2, 0) is 6.18 Å². The summed E-state index contributed by atoms with van der Waals surface area (Å²) >= 11 is 6.66. The van der Waals surface area contributed by atoms with Crippen molar-refractivity contribution in [1.29, 1.82) is 0 Å². The number of carbonyl (C=O) groups excluding carboxylic acids is 1. The number of aromatic nitrogens is 1. The molecule has 0 aliphatic heterocycles. The Hall–Kier alpha value is -1.80. The third-order valence-electron chi connectivity index (χ3n) is 2.24. The van der Waals surface area contributed by atoms with Gasteiger partial charge in [0.1, 0.15) is 5.69 Å². The Morgan fingerprint density at radius 3 is 2.60 bits per heavy atom. The van der Waals surface area contributed by atoms with Gasteiger partial charge >= 0.3 is 6.18 Å². The van der Waals surface area contributed by atoms with E-state index in [9.17, 15) is 18.0 Å². The summed E-state index contributed by atoms with van der Waals surface area (Å²) in [5.74, 6) is -0.659. The molecule has 0 saturated carbocycles. The Morgan fingerprint density at radius 2 is 2.05 bits per heavy atom. The molecule has 9 heteroatoms. The Morgan fingerprint density at radius 1 is 1.35 bits per heavy atom. The maximum Gasteiger partial charge on any atom is 0.416 e. The van der Waals surface area contributed by atoms with E-state index in [1.807, 2.05) is 0 Å². The molecular formula is C11H7ClF3N3OS. The van der Waals surface area contributed by atoms with Gasteiger partial charge in [0.05, 0.1) is 5.56 Å². The van der Waals surface area contributed by atoms with Crippen molar-refractivity contribution in [1.82, 2.24) is 4.98 Å². The molecule has 1 heterocycles. The first-order valence-corrected chi connectivity index (χ1v) is 6.41. The van der Waals surface area contributed by atoms with Crippen molar-refractivity contribution >= 4 is 39.7 Å². The van der Waals surface area contributed by atoms with Crippen LogP contribution in [-0.4, -0.2) is 10.9 Å². The summed E-state index contributed by atoms with van der Waals surface area (Å²) < 4.78 is 37.8. The summed E-state index contributed by atoms with van der Waals surface area (Å²) in [6.45, 7) is 0. The fourth-order valence-electron chi connectivity index (χ4n) is 1.41. The number of alkyl halides is 3. The molecule has 0 bridgehead atoms. The number of carbonyl (C=O) groups is 1. The molecule has 0 radical (unpaired) electrons. The summed E-state index contributed by atoms with van der Waals surface area (Å²) in [6.07, 6.45) is -4.55. The quantitative estimate of drug-likeness (QED) is 0.887. The molecular weight excluding hydrogens is 315 g/mol. The molecule has 106 valence electrons. The second kappa shape index (κ2) is 5.29. The van der Waals surface area contributed by atoms with Crippen molar-refractivity contribution < 1.29 is 18.0 Å². The van der Waals surface area contributed by atoms with Crippen LogP contribution in [0.2, 0.25) is 5.02 Å². The standard InChI is InChI=1S/C11H7ClF3N3OS/c12-6-1-5(11(13,14)15)2-7(3-6)17-9(19)8-4-20-10(16)18-8/h1-4H,(H2,16,18)(H,17,19). The average molecular weight is 322 g/mol. The monoisotopic (exact) mass is 321 g/mol. The van der Waals surface area contributed by atoms with Gasteiger partial charge in [0.15, 0.2) is 5.13 Å². The van der Waals surface area contributed by atoms with Crippen molar-refractivity contribution in [3.63, 3.8) is 0 Å². The van der Waals surface area contributed by atoms with E-state index < -0.39 is 17.6 Å².